The number of hydrogen-bond donors (Lipinski definition) is 0. The Morgan fingerprint density at radius 2 is 0.471 bits per heavy atom. The van der Waals surface area contributed by atoms with E-state index >= 15 is 0 Å². The van der Waals surface area contributed by atoms with Gasteiger partial charge in [-0.05, 0) is 218 Å². The molecule has 0 amide bonds. The van der Waals surface area contributed by atoms with Crippen molar-refractivity contribution in [3.05, 3.63) is 407 Å². The molecule has 9 heteroatoms. The topological polar surface area (TPSA) is 90.6 Å². The minimum absolute atomic E-state index is 0.968. The molecule has 119 heavy (non-hydrogen) atoms. The van der Waals surface area contributed by atoms with Crippen molar-refractivity contribution in [2.24, 2.45) is 0 Å². The molecule has 0 aliphatic heterocycles. The lowest BCUT2D eigenvalue weighted by Crippen LogP contribution is -1.95. The molecule has 26 rings (SSSR count). The molecule has 9 nitrogen and oxygen atoms in total. The first kappa shape index (κ1) is 67.4. The highest BCUT2D eigenvalue weighted by Crippen LogP contribution is 2.46. The summed E-state index contributed by atoms with van der Waals surface area (Å²) in [7, 11) is 0. The zero-order chi connectivity index (χ0) is 78.2. The van der Waals surface area contributed by atoms with Crippen LogP contribution < -0.4 is 0 Å². The molecule has 0 saturated carbocycles. The Labute approximate surface area is 681 Å². The number of imidazole rings is 3. The summed E-state index contributed by atoms with van der Waals surface area (Å²) >= 11 is 0. The second-order valence-corrected chi connectivity index (χ2v) is 30.8. The van der Waals surface area contributed by atoms with Gasteiger partial charge in [-0.15, -0.1) is 0 Å². The minimum Gasteiger partial charge on any atom is -0.290 e. The van der Waals surface area contributed by atoms with E-state index in [1.165, 1.54) is 121 Å². The Balaban J connectivity index is 0.000000102. The summed E-state index contributed by atoms with van der Waals surface area (Å²) in [6.45, 7) is 0. The fourth-order valence-electron chi connectivity index (χ4n) is 18.8. The molecule has 0 spiro atoms. The predicted molar refractivity (Wildman–Crippen MR) is 497 cm³/mol. The van der Waals surface area contributed by atoms with E-state index in [0.29, 0.717) is 0 Å². The second kappa shape index (κ2) is 27.3. The molecule has 17 aromatic carbocycles. The Kier molecular flexibility index (Phi) is 15.5. The molecule has 0 fully saturated rings. The summed E-state index contributed by atoms with van der Waals surface area (Å²) in [4.78, 5) is 30.2. The van der Waals surface area contributed by atoms with Crippen molar-refractivity contribution in [3.63, 3.8) is 0 Å². The number of aromatic nitrogens is 9. The van der Waals surface area contributed by atoms with E-state index in [9.17, 15) is 0 Å². The fourth-order valence-corrected chi connectivity index (χ4v) is 18.8. The van der Waals surface area contributed by atoms with E-state index in [0.717, 1.165) is 115 Å². The van der Waals surface area contributed by atoms with Gasteiger partial charge in [-0.3, -0.25) is 28.2 Å². The van der Waals surface area contributed by atoms with E-state index < -0.39 is 0 Å². The number of pyridine rings is 6. The van der Waals surface area contributed by atoms with Gasteiger partial charge in [0.15, 0.2) is 0 Å². The average molecular weight is 1510 g/mol. The molecule has 0 N–H and O–H groups in total. The molecule has 0 aliphatic carbocycles. The summed E-state index contributed by atoms with van der Waals surface area (Å²) < 4.78 is 6.80. The summed E-state index contributed by atoms with van der Waals surface area (Å²) in [5.74, 6) is 0. The molecule has 0 atom stereocenters. The zero-order valence-corrected chi connectivity index (χ0v) is 64.2. The fraction of sp³-hybridized carbons (Fsp3) is 0. The van der Waals surface area contributed by atoms with E-state index in [1.807, 2.05) is 42.9 Å². The Bertz CT molecular complexity index is 8650. The van der Waals surface area contributed by atoms with Gasteiger partial charge in [0.25, 0.3) is 0 Å². The van der Waals surface area contributed by atoms with E-state index in [4.69, 9.17) is 29.9 Å². The first-order valence-corrected chi connectivity index (χ1v) is 40.4. The Morgan fingerprint density at radius 1 is 0.168 bits per heavy atom. The van der Waals surface area contributed by atoms with Gasteiger partial charge in [0.1, 0.15) is 16.9 Å². The third-order valence-corrected chi connectivity index (χ3v) is 24.2. The van der Waals surface area contributed by atoms with Crippen LogP contribution in [-0.2, 0) is 0 Å². The lowest BCUT2D eigenvalue weighted by molar-refractivity contribution is 1.29. The van der Waals surface area contributed by atoms with Gasteiger partial charge in [0.2, 0.25) is 0 Å². The molecule has 0 aliphatic rings. The van der Waals surface area contributed by atoms with Gasteiger partial charge in [-0.2, -0.15) is 0 Å². The summed E-state index contributed by atoms with van der Waals surface area (Å²) in [6.07, 6.45) is 5.66. The number of para-hydroxylation sites is 6. The van der Waals surface area contributed by atoms with Gasteiger partial charge >= 0.3 is 0 Å². The molecule has 0 unspecified atom stereocenters. The van der Waals surface area contributed by atoms with Crippen molar-refractivity contribution in [2.45, 2.75) is 0 Å². The molecule has 9 aromatic heterocycles. The summed E-state index contributed by atoms with van der Waals surface area (Å²) in [5.41, 5.74) is 29.8. The Hall–Kier alpha value is -16.1. The third kappa shape index (κ3) is 10.9. The first-order valence-electron chi connectivity index (χ1n) is 40.4. The van der Waals surface area contributed by atoms with Crippen molar-refractivity contribution >= 4 is 169 Å². The van der Waals surface area contributed by atoms with Gasteiger partial charge in [0.05, 0.1) is 66.2 Å². The van der Waals surface area contributed by atoms with Gasteiger partial charge < -0.3 is 0 Å². The number of nitrogens with zero attached hydrogens (tertiary/aromatic N) is 9. The van der Waals surface area contributed by atoms with Crippen molar-refractivity contribution in [2.75, 3.05) is 0 Å². The first-order chi connectivity index (χ1) is 59.0. The number of hydrogen-bond acceptors (Lipinski definition) is 6. The molecule has 26 aromatic rings. The average Bonchev–Trinajstić information content (AvgIpc) is 1.65. The van der Waals surface area contributed by atoms with Crippen LogP contribution in [0.2, 0.25) is 0 Å². The highest BCUT2D eigenvalue weighted by atomic mass is 15.0. The highest BCUT2D eigenvalue weighted by Gasteiger charge is 2.24. The maximum atomic E-state index is 5.15. The lowest BCUT2D eigenvalue weighted by atomic mass is 9.91. The van der Waals surface area contributed by atoms with Crippen molar-refractivity contribution < 1.29 is 0 Å². The van der Waals surface area contributed by atoms with Crippen LogP contribution in [-0.4, -0.2) is 43.1 Å². The van der Waals surface area contributed by atoms with Crippen LogP contribution in [0.25, 0.3) is 236 Å². The van der Waals surface area contributed by atoms with E-state index in [2.05, 4.69) is 377 Å². The molecule has 0 saturated heterocycles. The maximum Gasteiger partial charge on any atom is 0.147 e. The summed E-state index contributed by atoms with van der Waals surface area (Å²) in [5, 5.41) is 19.0. The van der Waals surface area contributed by atoms with Crippen molar-refractivity contribution in [1.29, 1.82) is 0 Å². The molecule has 0 radical (unpaired) electrons. The van der Waals surface area contributed by atoms with Gasteiger partial charge in [0, 0.05) is 50.9 Å². The largest absolute Gasteiger partial charge is 0.290 e. The molecular formula is C110H67N9. The van der Waals surface area contributed by atoms with Gasteiger partial charge in [-0.25, -0.2) is 15.0 Å². The summed E-state index contributed by atoms with van der Waals surface area (Å²) in [6, 6.07) is 138. The van der Waals surface area contributed by atoms with E-state index in [1.54, 1.807) is 0 Å². The Morgan fingerprint density at radius 3 is 0.899 bits per heavy atom. The van der Waals surface area contributed by atoms with Crippen molar-refractivity contribution in [3.8, 4) is 66.8 Å². The smallest absolute Gasteiger partial charge is 0.147 e. The van der Waals surface area contributed by atoms with Gasteiger partial charge in [-0.1, -0.05) is 291 Å². The highest BCUT2D eigenvalue weighted by molar-refractivity contribution is 6.28. The van der Waals surface area contributed by atoms with E-state index in [-0.39, 0.29) is 0 Å². The van der Waals surface area contributed by atoms with Crippen LogP contribution in [0.3, 0.4) is 0 Å². The third-order valence-electron chi connectivity index (χ3n) is 24.2. The number of fused-ring (bicyclic) bond motifs is 32. The van der Waals surface area contributed by atoms with Crippen LogP contribution in [0, 0.1) is 0 Å². The van der Waals surface area contributed by atoms with Crippen LogP contribution in [0.15, 0.2) is 407 Å². The molecular weight excluding hydrogens is 1450 g/mol. The zero-order valence-electron chi connectivity index (χ0n) is 64.2. The SMILES string of the molecule is c1ccc(-c2ccc(-c3cc4c5ncccc5n5c6ccccc6nc5c4c4ccccc34)cc2)cc1.c1ccc2c(-c3ccc(-c4cc5c6ncccc6n6c7ccccc7nc6c5c5ccccc45)cc3)cccc2c1.c1ccc2cc(-c3ccc(-c4cc5c6ncccc6n6c7ccccc7nc6c5c5ccccc45)cc3)ccc2c1. The van der Waals surface area contributed by atoms with Crippen LogP contribution in [0.4, 0.5) is 0 Å². The maximum absolute atomic E-state index is 5.15. The normalized spacial score (nSPS) is 11.9. The van der Waals surface area contributed by atoms with Crippen LogP contribution in [0.1, 0.15) is 0 Å². The van der Waals surface area contributed by atoms with Crippen LogP contribution >= 0.6 is 0 Å². The second-order valence-electron chi connectivity index (χ2n) is 30.8. The number of rotatable bonds is 6. The molecule has 0 bridgehead atoms. The standard InChI is InChI=1S/2C38H23N3.C34H21N3/c1-2-11-27-24(9-1)10-7-14-28(27)25-18-20-26(21-19-25)31-23-32-36(30-13-4-3-12-29(30)31)38-40-33-15-5-6-16-34(33)41(38)35-17-8-22-39-37(32)35;1-2-9-27-22-28(20-17-24(27)8-1)25-15-18-26(19-16-25)31-23-32-36(30-11-4-3-10-29(30)31)38-40-33-12-5-6-13-34(33)41(38)35-14-7-21-39-37(32)35;1-2-9-22(10-3-1)23-16-18-24(19-17-23)27-21-28-32(26-12-5-4-11-25(26)27)34-36-29-13-6-7-14-30(29)37(34)31-15-8-20-35-33(28)31/h2*1-23H;1-21H. The lowest BCUT2D eigenvalue weighted by Gasteiger charge is -2.15. The predicted octanol–water partition coefficient (Wildman–Crippen LogP) is 28.3. The van der Waals surface area contributed by atoms with Crippen molar-refractivity contribution in [1.82, 2.24) is 43.1 Å². The minimum atomic E-state index is 0.968. The molecule has 552 valence electrons. The van der Waals surface area contributed by atoms with Crippen LogP contribution in [0.5, 0.6) is 0 Å². The monoisotopic (exact) mass is 1510 g/mol. The molecule has 9 heterocycles. The number of benzene rings is 17. The quantitative estimate of drug-likeness (QED) is 0.154.